The molecule has 19 heavy (non-hydrogen) atoms. The van der Waals surface area contributed by atoms with Gasteiger partial charge in [0.2, 0.25) is 0 Å². The second-order valence-electron chi connectivity index (χ2n) is 6.47. The Morgan fingerprint density at radius 3 is 2.63 bits per heavy atom. The number of hydrogen-bond acceptors (Lipinski definition) is 3. The van der Waals surface area contributed by atoms with Gasteiger partial charge in [-0.05, 0) is 45.2 Å². The molecule has 0 saturated heterocycles. The minimum Gasteiger partial charge on any atom is -0.394 e. The van der Waals surface area contributed by atoms with Crippen molar-refractivity contribution in [3.05, 3.63) is 0 Å². The highest BCUT2D eigenvalue weighted by Crippen LogP contribution is 2.31. The lowest BCUT2D eigenvalue weighted by Crippen LogP contribution is -2.57. The number of nitrogens with zero attached hydrogens (tertiary/aromatic N) is 1. The van der Waals surface area contributed by atoms with E-state index in [1.165, 1.54) is 32.2 Å². The molecule has 1 aliphatic rings. The highest BCUT2D eigenvalue weighted by Gasteiger charge is 2.37. The summed E-state index contributed by atoms with van der Waals surface area (Å²) in [5.74, 6) is 0. The maximum absolute atomic E-state index is 9.86. The number of unbranched alkanes of at least 4 members (excludes halogenated alkanes) is 1. The van der Waals surface area contributed by atoms with Crippen LogP contribution in [0.4, 0.5) is 0 Å². The molecule has 0 amide bonds. The Kier molecular flexibility index (Phi) is 7.33. The van der Waals surface area contributed by atoms with Gasteiger partial charge in [0.15, 0.2) is 0 Å². The third-order valence-electron chi connectivity index (χ3n) is 4.44. The number of nitrogens with one attached hydrogen (secondary N) is 1. The van der Waals surface area contributed by atoms with E-state index in [9.17, 15) is 5.11 Å². The Morgan fingerprint density at radius 1 is 1.37 bits per heavy atom. The SMILES string of the molecule is CCCCN(CC)C1CCCC(CO)(NC(C)C)C1. The Morgan fingerprint density at radius 2 is 2.11 bits per heavy atom. The molecule has 1 aliphatic carbocycles. The predicted octanol–water partition coefficient (Wildman–Crippen LogP) is 2.78. The molecular formula is C16H34N2O. The molecule has 0 spiro atoms. The van der Waals surface area contributed by atoms with Gasteiger partial charge < -0.3 is 15.3 Å². The van der Waals surface area contributed by atoms with Crippen molar-refractivity contribution in [3.63, 3.8) is 0 Å². The van der Waals surface area contributed by atoms with Crippen molar-refractivity contribution in [2.75, 3.05) is 19.7 Å². The fraction of sp³-hybridized carbons (Fsp3) is 1.00. The van der Waals surface area contributed by atoms with Gasteiger partial charge in [-0.3, -0.25) is 0 Å². The second-order valence-corrected chi connectivity index (χ2v) is 6.47. The van der Waals surface area contributed by atoms with Crippen LogP contribution in [0.1, 0.15) is 66.2 Å². The quantitative estimate of drug-likeness (QED) is 0.712. The molecule has 0 aromatic heterocycles. The van der Waals surface area contributed by atoms with Crippen LogP contribution in [0.25, 0.3) is 0 Å². The van der Waals surface area contributed by atoms with Gasteiger partial charge in [0, 0.05) is 17.6 Å². The summed E-state index contributed by atoms with van der Waals surface area (Å²) in [7, 11) is 0. The maximum Gasteiger partial charge on any atom is 0.0613 e. The highest BCUT2D eigenvalue weighted by molar-refractivity contribution is 4.97. The van der Waals surface area contributed by atoms with E-state index in [1.54, 1.807) is 0 Å². The highest BCUT2D eigenvalue weighted by atomic mass is 16.3. The Hall–Kier alpha value is -0.120. The monoisotopic (exact) mass is 270 g/mol. The molecule has 0 aromatic carbocycles. The van der Waals surface area contributed by atoms with Crippen LogP contribution in [0.5, 0.6) is 0 Å². The van der Waals surface area contributed by atoms with Gasteiger partial charge in [-0.25, -0.2) is 0 Å². The summed E-state index contributed by atoms with van der Waals surface area (Å²) in [5, 5.41) is 13.5. The van der Waals surface area contributed by atoms with Gasteiger partial charge in [-0.1, -0.05) is 34.1 Å². The normalized spacial score (nSPS) is 28.3. The van der Waals surface area contributed by atoms with Gasteiger partial charge in [-0.2, -0.15) is 0 Å². The molecule has 0 heterocycles. The van der Waals surface area contributed by atoms with Crippen LogP contribution in [-0.4, -0.2) is 47.3 Å². The van der Waals surface area contributed by atoms with Crippen LogP contribution in [-0.2, 0) is 0 Å². The molecule has 0 aromatic rings. The van der Waals surface area contributed by atoms with Crippen LogP contribution < -0.4 is 5.32 Å². The molecule has 1 saturated carbocycles. The lowest BCUT2D eigenvalue weighted by Gasteiger charge is -2.45. The number of aliphatic hydroxyl groups is 1. The number of hydrogen-bond donors (Lipinski definition) is 2. The third kappa shape index (κ3) is 5.05. The molecule has 3 nitrogen and oxygen atoms in total. The standard InChI is InChI=1S/C16H34N2O/c1-5-7-11-18(6-2)15-9-8-10-16(12-15,13-19)17-14(3)4/h14-15,17,19H,5-13H2,1-4H3. The first-order chi connectivity index (χ1) is 9.06. The average molecular weight is 270 g/mol. The fourth-order valence-corrected chi connectivity index (χ4v) is 3.54. The van der Waals surface area contributed by atoms with Gasteiger partial charge in [-0.15, -0.1) is 0 Å². The van der Waals surface area contributed by atoms with E-state index >= 15 is 0 Å². The molecule has 3 heteroatoms. The van der Waals surface area contributed by atoms with Gasteiger partial charge in [0.1, 0.15) is 0 Å². The lowest BCUT2D eigenvalue weighted by atomic mass is 9.78. The summed E-state index contributed by atoms with van der Waals surface area (Å²) < 4.78 is 0. The van der Waals surface area contributed by atoms with E-state index in [0.717, 1.165) is 19.4 Å². The van der Waals surface area contributed by atoms with Gasteiger partial charge >= 0.3 is 0 Å². The second kappa shape index (κ2) is 8.23. The molecule has 2 N–H and O–H groups in total. The van der Waals surface area contributed by atoms with E-state index in [1.807, 2.05) is 0 Å². The van der Waals surface area contributed by atoms with E-state index in [0.29, 0.717) is 12.1 Å². The van der Waals surface area contributed by atoms with Crippen molar-refractivity contribution in [3.8, 4) is 0 Å². The summed E-state index contributed by atoms with van der Waals surface area (Å²) in [6, 6.07) is 1.08. The van der Waals surface area contributed by atoms with Crippen LogP contribution in [0.15, 0.2) is 0 Å². The smallest absolute Gasteiger partial charge is 0.0613 e. The lowest BCUT2D eigenvalue weighted by molar-refractivity contribution is 0.0556. The molecule has 0 radical (unpaired) electrons. The summed E-state index contributed by atoms with van der Waals surface area (Å²) >= 11 is 0. The largest absolute Gasteiger partial charge is 0.394 e. The van der Waals surface area contributed by atoms with Crippen LogP contribution in [0.2, 0.25) is 0 Å². The molecular weight excluding hydrogens is 236 g/mol. The predicted molar refractivity (Wildman–Crippen MR) is 82.5 cm³/mol. The summed E-state index contributed by atoms with van der Waals surface area (Å²) in [4.78, 5) is 2.62. The van der Waals surface area contributed by atoms with E-state index in [-0.39, 0.29) is 12.1 Å². The number of aliphatic hydroxyl groups excluding tert-OH is 1. The first-order valence-corrected chi connectivity index (χ1v) is 8.19. The van der Waals surface area contributed by atoms with Crippen LogP contribution in [0.3, 0.4) is 0 Å². The summed E-state index contributed by atoms with van der Waals surface area (Å²) in [6.45, 7) is 11.5. The molecule has 2 atom stereocenters. The molecule has 1 rings (SSSR count). The molecule has 1 fully saturated rings. The van der Waals surface area contributed by atoms with Crippen molar-refractivity contribution in [2.45, 2.75) is 83.8 Å². The summed E-state index contributed by atoms with van der Waals surface area (Å²) in [5.41, 5.74) is -0.0449. The van der Waals surface area contributed by atoms with E-state index in [4.69, 9.17) is 0 Å². The first kappa shape index (κ1) is 16.9. The fourth-order valence-electron chi connectivity index (χ4n) is 3.54. The maximum atomic E-state index is 9.86. The van der Waals surface area contributed by atoms with Crippen molar-refractivity contribution < 1.29 is 5.11 Å². The summed E-state index contributed by atoms with van der Waals surface area (Å²) in [6.07, 6.45) is 7.28. The van der Waals surface area contributed by atoms with Crippen molar-refractivity contribution in [1.29, 1.82) is 0 Å². The topological polar surface area (TPSA) is 35.5 Å². The molecule has 2 unspecified atom stereocenters. The Balaban J connectivity index is 2.64. The third-order valence-corrected chi connectivity index (χ3v) is 4.44. The zero-order chi connectivity index (χ0) is 14.3. The number of rotatable bonds is 8. The van der Waals surface area contributed by atoms with Gasteiger partial charge in [0.25, 0.3) is 0 Å². The average Bonchev–Trinajstić information content (AvgIpc) is 2.39. The molecule has 0 bridgehead atoms. The van der Waals surface area contributed by atoms with Crippen molar-refractivity contribution >= 4 is 0 Å². The van der Waals surface area contributed by atoms with Crippen LogP contribution in [0, 0.1) is 0 Å². The van der Waals surface area contributed by atoms with E-state index in [2.05, 4.69) is 37.9 Å². The Labute approximate surface area is 119 Å². The molecule has 0 aliphatic heterocycles. The van der Waals surface area contributed by atoms with Crippen molar-refractivity contribution in [1.82, 2.24) is 10.2 Å². The zero-order valence-corrected chi connectivity index (χ0v) is 13.4. The van der Waals surface area contributed by atoms with Gasteiger partial charge in [0.05, 0.1) is 6.61 Å². The van der Waals surface area contributed by atoms with E-state index < -0.39 is 0 Å². The molecule has 114 valence electrons. The minimum atomic E-state index is -0.0449. The Bertz CT molecular complexity index is 245. The first-order valence-electron chi connectivity index (χ1n) is 8.19. The zero-order valence-electron chi connectivity index (χ0n) is 13.4. The van der Waals surface area contributed by atoms with Crippen molar-refractivity contribution in [2.24, 2.45) is 0 Å². The van der Waals surface area contributed by atoms with Crippen LogP contribution >= 0.6 is 0 Å². The minimum absolute atomic E-state index is 0.0449.